The SMILES string of the molecule is O=C(NC1(CCl)CCOCC1)C1CC1. The minimum atomic E-state index is -0.195. The second-order valence-corrected chi connectivity index (χ2v) is 4.56. The van der Waals surface area contributed by atoms with Gasteiger partial charge in [-0.1, -0.05) is 0 Å². The van der Waals surface area contributed by atoms with Crippen molar-refractivity contribution in [1.82, 2.24) is 5.32 Å². The lowest BCUT2D eigenvalue weighted by molar-refractivity contribution is -0.125. The molecular weight excluding hydrogens is 202 g/mol. The van der Waals surface area contributed by atoms with Gasteiger partial charge in [-0.15, -0.1) is 11.6 Å². The van der Waals surface area contributed by atoms with Gasteiger partial charge in [0.25, 0.3) is 0 Å². The van der Waals surface area contributed by atoms with Crippen molar-refractivity contribution < 1.29 is 9.53 Å². The fourth-order valence-electron chi connectivity index (χ4n) is 1.76. The third kappa shape index (κ3) is 2.20. The summed E-state index contributed by atoms with van der Waals surface area (Å²) < 4.78 is 5.27. The molecule has 0 spiro atoms. The van der Waals surface area contributed by atoms with E-state index in [0.29, 0.717) is 19.1 Å². The highest BCUT2D eigenvalue weighted by Crippen LogP contribution is 2.31. The molecule has 1 aliphatic carbocycles. The van der Waals surface area contributed by atoms with E-state index < -0.39 is 0 Å². The maximum absolute atomic E-state index is 11.6. The molecule has 1 heterocycles. The first-order valence-electron chi connectivity index (χ1n) is 5.21. The van der Waals surface area contributed by atoms with E-state index in [1.807, 2.05) is 0 Å². The lowest BCUT2D eigenvalue weighted by atomic mass is 9.92. The van der Waals surface area contributed by atoms with E-state index >= 15 is 0 Å². The maximum atomic E-state index is 11.6. The molecule has 0 aromatic heterocycles. The molecule has 4 heteroatoms. The molecule has 0 atom stereocenters. The number of carbonyl (C=O) groups excluding carboxylic acids is 1. The van der Waals surface area contributed by atoms with E-state index in [1.54, 1.807) is 0 Å². The highest BCUT2D eigenvalue weighted by molar-refractivity contribution is 6.18. The van der Waals surface area contributed by atoms with Crippen molar-refractivity contribution >= 4 is 17.5 Å². The van der Waals surface area contributed by atoms with Gasteiger partial charge in [0.2, 0.25) is 5.91 Å². The topological polar surface area (TPSA) is 38.3 Å². The highest BCUT2D eigenvalue weighted by Gasteiger charge is 2.38. The van der Waals surface area contributed by atoms with E-state index in [-0.39, 0.29) is 17.4 Å². The van der Waals surface area contributed by atoms with Crippen LogP contribution >= 0.6 is 11.6 Å². The second-order valence-electron chi connectivity index (χ2n) is 4.29. The summed E-state index contributed by atoms with van der Waals surface area (Å²) in [6.07, 6.45) is 3.77. The average Bonchev–Trinajstić information content (AvgIpc) is 3.02. The molecule has 2 fully saturated rings. The van der Waals surface area contributed by atoms with Crippen LogP contribution in [0, 0.1) is 5.92 Å². The third-order valence-electron chi connectivity index (χ3n) is 3.04. The highest BCUT2D eigenvalue weighted by atomic mass is 35.5. The molecule has 1 saturated carbocycles. The van der Waals surface area contributed by atoms with E-state index in [9.17, 15) is 4.79 Å². The predicted molar refractivity (Wildman–Crippen MR) is 54.4 cm³/mol. The van der Waals surface area contributed by atoms with Gasteiger partial charge in [-0.2, -0.15) is 0 Å². The minimum Gasteiger partial charge on any atom is -0.381 e. The van der Waals surface area contributed by atoms with E-state index in [4.69, 9.17) is 16.3 Å². The molecule has 2 rings (SSSR count). The van der Waals surface area contributed by atoms with Crippen molar-refractivity contribution in [1.29, 1.82) is 0 Å². The first-order valence-corrected chi connectivity index (χ1v) is 5.75. The number of alkyl halides is 1. The Morgan fingerprint density at radius 1 is 1.43 bits per heavy atom. The average molecular weight is 218 g/mol. The van der Waals surface area contributed by atoms with Gasteiger partial charge in [0.1, 0.15) is 0 Å². The maximum Gasteiger partial charge on any atom is 0.223 e. The number of amides is 1. The fourth-order valence-corrected chi connectivity index (χ4v) is 2.10. The van der Waals surface area contributed by atoms with Crippen molar-refractivity contribution in [2.45, 2.75) is 31.2 Å². The smallest absolute Gasteiger partial charge is 0.223 e. The molecule has 1 aliphatic heterocycles. The number of carbonyl (C=O) groups is 1. The van der Waals surface area contributed by atoms with Crippen LogP contribution in [0.25, 0.3) is 0 Å². The summed E-state index contributed by atoms with van der Waals surface area (Å²) in [7, 11) is 0. The number of halogens is 1. The van der Waals surface area contributed by atoms with Gasteiger partial charge in [-0.05, 0) is 25.7 Å². The van der Waals surface area contributed by atoms with Crippen LogP contribution < -0.4 is 5.32 Å². The van der Waals surface area contributed by atoms with Crippen LogP contribution in [0.5, 0.6) is 0 Å². The van der Waals surface area contributed by atoms with Crippen LogP contribution in [0.3, 0.4) is 0 Å². The molecule has 1 saturated heterocycles. The standard InChI is InChI=1S/C10H16ClNO2/c11-7-10(3-5-14-6-4-10)12-9(13)8-1-2-8/h8H,1-7H2,(H,12,13). The summed E-state index contributed by atoms with van der Waals surface area (Å²) in [5.74, 6) is 0.944. The molecule has 80 valence electrons. The van der Waals surface area contributed by atoms with Gasteiger partial charge in [0, 0.05) is 25.0 Å². The molecule has 0 radical (unpaired) electrons. The molecule has 3 nitrogen and oxygen atoms in total. The third-order valence-corrected chi connectivity index (χ3v) is 3.55. The van der Waals surface area contributed by atoms with Gasteiger partial charge in [0.05, 0.1) is 5.54 Å². The van der Waals surface area contributed by atoms with Crippen LogP contribution in [0.4, 0.5) is 0 Å². The zero-order valence-corrected chi connectivity index (χ0v) is 8.98. The first kappa shape index (κ1) is 10.2. The molecule has 0 aromatic carbocycles. The van der Waals surface area contributed by atoms with Crippen LogP contribution in [0.15, 0.2) is 0 Å². The number of hydrogen-bond donors (Lipinski definition) is 1. The summed E-state index contributed by atoms with van der Waals surface area (Å²) in [6, 6.07) is 0. The summed E-state index contributed by atoms with van der Waals surface area (Å²) >= 11 is 5.94. The molecule has 0 bridgehead atoms. The predicted octanol–water partition coefficient (Wildman–Crippen LogP) is 1.30. The number of nitrogens with one attached hydrogen (secondary N) is 1. The van der Waals surface area contributed by atoms with Crippen molar-refractivity contribution in [3.8, 4) is 0 Å². The Labute approximate surface area is 89.1 Å². The fraction of sp³-hybridized carbons (Fsp3) is 0.900. The molecule has 2 aliphatic rings. The first-order chi connectivity index (χ1) is 6.76. The van der Waals surface area contributed by atoms with Crippen molar-refractivity contribution in [2.75, 3.05) is 19.1 Å². The normalized spacial score (nSPS) is 25.8. The second kappa shape index (κ2) is 4.07. The summed E-state index contributed by atoms with van der Waals surface area (Å²) in [4.78, 5) is 11.6. The largest absolute Gasteiger partial charge is 0.381 e. The lowest BCUT2D eigenvalue weighted by Gasteiger charge is -2.36. The zero-order valence-electron chi connectivity index (χ0n) is 8.22. The van der Waals surface area contributed by atoms with Gasteiger partial charge < -0.3 is 10.1 Å². The van der Waals surface area contributed by atoms with Gasteiger partial charge >= 0.3 is 0 Å². The Kier molecular flexibility index (Phi) is 2.98. The monoisotopic (exact) mass is 217 g/mol. The molecular formula is C10H16ClNO2. The number of rotatable bonds is 3. The quantitative estimate of drug-likeness (QED) is 0.724. The van der Waals surface area contributed by atoms with Crippen LogP contribution in [-0.2, 0) is 9.53 Å². The lowest BCUT2D eigenvalue weighted by Crippen LogP contribution is -2.53. The van der Waals surface area contributed by atoms with Crippen LogP contribution in [-0.4, -0.2) is 30.5 Å². The Morgan fingerprint density at radius 2 is 2.07 bits per heavy atom. The molecule has 0 unspecified atom stereocenters. The molecule has 1 N–H and O–H groups in total. The summed E-state index contributed by atoms with van der Waals surface area (Å²) in [5.41, 5.74) is -0.195. The van der Waals surface area contributed by atoms with Gasteiger partial charge in [-0.25, -0.2) is 0 Å². The van der Waals surface area contributed by atoms with E-state index in [1.165, 1.54) is 0 Å². The van der Waals surface area contributed by atoms with Gasteiger partial charge in [0.15, 0.2) is 0 Å². The van der Waals surface area contributed by atoms with Crippen LogP contribution in [0.1, 0.15) is 25.7 Å². The van der Waals surface area contributed by atoms with Crippen molar-refractivity contribution in [2.24, 2.45) is 5.92 Å². The van der Waals surface area contributed by atoms with E-state index in [2.05, 4.69) is 5.32 Å². The van der Waals surface area contributed by atoms with Crippen LogP contribution in [0.2, 0.25) is 0 Å². The zero-order chi connectivity index (χ0) is 10.0. The molecule has 14 heavy (non-hydrogen) atoms. The van der Waals surface area contributed by atoms with Gasteiger partial charge in [-0.3, -0.25) is 4.79 Å². The Hall–Kier alpha value is -0.280. The Morgan fingerprint density at radius 3 is 2.57 bits per heavy atom. The molecule has 1 amide bonds. The van der Waals surface area contributed by atoms with Crippen molar-refractivity contribution in [3.05, 3.63) is 0 Å². The minimum absolute atomic E-state index is 0.188. The van der Waals surface area contributed by atoms with Crippen molar-refractivity contribution in [3.63, 3.8) is 0 Å². The van der Waals surface area contributed by atoms with E-state index in [0.717, 1.165) is 25.7 Å². The summed E-state index contributed by atoms with van der Waals surface area (Å²) in [6.45, 7) is 1.41. The summed E-state index contributed by atoms with van der Waals surface area (Å²) in [5, 5.41) is 3.09. The molecule has 0 aromatic rings. The number of ether oxygens (including phenoxy) is 1. The number of hydrogen-bond acceptors (Lipinski definition) is 2. The Bertz CT molecular complexity index is 222. The Balaban J connectivity index is 1.92.